The normalized spacial score (nSPS) is 12.1. The molecule has 1 atom stereocenters. The zero-order chi connectivity index (χ0) is 11.9. The minimum Gasteiger partial charge on any atom is -0.385 e. The van der Waals surface area contributed by atoms with Gasteiger partial charge in [0.2, 0.25) is 0 Å². The van der Waals surface area contributed by atoms with Gasteiger partial charge in [-0.1, -0.05) is 48.5 Å². The van der Waals surface area contributed by atoms with E-state index >= 15 is 0 Å². The van der Waals surface area contributed by atoms with E-state index in [1.165, 1.54) is 0 Å². The Kier molecular flexibility index (Phi) is 4.14. The molecule has 0 unspecified atom stereocenters. The number of halogens is 1. The van der Waals surface area contributed by atoms with E-state index in [4.69, 9.17) is 0 Å². The summed E-state index contributed by atoms with van der Waals surface area (Å²) in [5, 5.41) is 3.21. The van der Waals surface area contributed by atoms with Crippen LogP contribution in [0.2, 0.25) is 0 Å². The number of nitrogens with one attached hydrogen (secondary N) is 1. The summed E-state index contributed by atoms with van der Waals surface area (Å²) in [4.78, 5) is 0. The molecule has 0 spiro atoms. The van der Waals surface area contributed by atoms with Gasteiger partial charge in [-0.25, -0.2) is 4.39 Å². The van der Waals surface area contributed by atoms with Gasteiger partial charge in [-0.05, 0) is 17.7 Å². The molecule has 2 aromatic rings. The third-order valence-electron chi connectivity index (χ3n) is 2.66. The van der Waals surface area contributed by atoms with Crippen LogP contribution in [0.1, 0.15) is 18.2 Å². The fraction of sp³-hybridized carbons (Fsp3) is 0.200. The van der Waals surface area contributed by atoms with Crippen LogP contribution in [0.5, 0.6) is 0 Å². The third kappa shape index (κ3) is 3.59. The number of rotatable bonds is 5. The van der Waals surface area contributed by atoms with E-state index in [1.54, 1.807) is 0 Å². The van der Waals surface area contributed by atoms with E-state index in [0.29, 0.717) is 13.0 Å². The molecule has 0 aliphatic rings. The summed E-state index contributed by atoms with van der Waals surface area (Å²) in [6.07, 6.45) is -0.411. The van der Waals surface area contributed by atoms with E-state index < -0.39 is 6.17 Å². The van der Waals surface area contributed by atoms with Crippen molar-refractivity contribution in [2.45, 2.75) is 12.6 Å². The molecule has 88 valence electrons. The van der Waals surface area contributed by atoms with E-state index in [0.717, 1.165) is 11.3 Å². The van der Waals surface area contributed by atoms with Crippen molar-refractivity contribution in [3.8, 4) is 0 Å². The highest BCUT2D eigenvalue weighted by Gasteiger charge is 2.07. The predicted molar refractivity (Wildman–Crippen MR) is 69.8 cm³/mol. The van der Waals surface area contributed by atoms with Crippen molar-refractivity contribution < 1.29 is 4.39 Å². The summed E-state index contributed by atoms with van der Waals surface area (Å²) in [5.41, 5.74) is 1.79. The number of hydrogen-bond acceptors (Lipinski definition) is 1. The van der Waals surface area contributed by atoms with Crippen LogP contribution < -0.4 is 5.32 Å². The lowest BCUT2D eigenvalue weighted by atomic mass is 10.1. The summed E-state index contributed by atoms with van der Waals surface area (Å²) in [7, 11) is 0. The molecule has 0 saturated carbocycles. The molecule has 0 amide bonds. The van der Waals surface area contributed by atoms with Crippen LogP contribution in [0.15, 0.2) is 60.7 Å². The van der Waals surface area contributed by atoms with Crippen molar-refractivity contribution in [2.75, 3.05) is 11.9 Å². The first-order valence-electron chi connectivity index (χ1n) is 5.84. The Hall–Kier alpha value is -1.83. The Morgan fingerprint density at radius 2 is 1.47 bits per heavy atom. The van der Waals surface area contributed by atoms with Crippen LogP contribution in [0, 0.1) is 0 Å². The van der Waals surface area contributed by atoms with Crippen molar-refractivity contribution in [1.29, 1.82) is 0 Å². The topological polar surface area (TPSA) is 12.0 Å². The number of alkyl halides is 1. The molecule has 0 radical (unpaired) electrons. The molecule has 0 aliphatic heterocycles. The van der Waals surface area contributed by atoms with Gasteiger partial charge in [0.25, 0.3) is 0 Å². The first-order valence-corrected chi connectivity index (χ1v) is 5.84. The maximum atomic E-state index is 13.8. The number of benzene rings is 2. The Morgan fingerprint density at radius 1 is 0.882 bits per heavy atom. The Bertz CT molecular complexity index is 427. The van der Waals surface area contributed by atoms with Crippen LogP contribution >= 0.6 is 0 Å². The third-order valence-corrected chi connectivity index (χ3v) is 2.66. The molecule has 1 N–H and O–H groups in total. The Morgan fingerprint density at radius 3 is 2.12 bits per heavy atom. The number of hydrogen-bond donors (Lipinski definition) is 1. The van der Waals surface area contributed by atoms with Crippen LogP contribution in [0.4, 0.5) is 10.1 Å². The van der Waals surface area contributed by atoms with Gasteiger partial charge in [-0.15, -0.1) is 0 Å². The highest BCUT2D eigenvalue weighted by molar-refractivity contribution is 5.42. The fourth-order valence-electron chi connectivity index (χ4n) is 1.73. The van der Waals surface area contributed by atoms with Gasteiger partial charge in [0, 0.05) is 18.7 Å². The molecule has 0 aliphatic carbocycles. The second-order valence-electron chi connectivity index (χ2n) is 3.96. The summed E-state index contributed by atoms with van der Waals surface area (Å²) in [6, 6.07) is 19.1. The van der Waals surface area contributed by atoms with Crippen LogP contribution in [-0.2, 0) is 0 Å². The molecule has 2 aromatic carbocycles. The first-order chi connectivity index (χ1) is 8.36. The molecule has 2 heteroatoms. The molecule has 0 heterocycles. The lowest BCUT2D eigenvalue weighted by molar-refractivity contribution is 0.330. The van der Waals surface area contributed by atoms with Gasteiger partial charge in [-0.3, -0.25) is 0 Å². The maximum Gasteiger partial charge on any atom is 0.127 e. The Labute approximate surface area is 101 Å². The summed E-state index contributed by atoms with van der Waals surface area (Å²) in [6.45, 7) is 0.639. The zero-order valence-electron chi connectivity index (χ0n) is 9.64. The minimum absolute atomic E-state index is 0.485. The van der Waals surface area contributed by atoms with E-state index in [2.05, 4.69) is 5.32 Å². The quantitative estimate of drug-likeness (QED) is 0.810. The molecule has 0 bridgehead atoms. The van der Waals surface area contributed by atoms with Crippen LogP contribution in [0.25, 0.3) is 0 Å². The average Bonchev–Trinajstić information content (AvgIpc) is 2.41. The predicted octanol–water partition coefficient (Wildman–Crippen LogP) is 4.20. The van der Waals surface area contributed by atoms with Crippen molar-refractivity contribution >= 4 is 5.69 Å². The van der Waals surface area contributed by atoms with E-state index in [9.17, 15) is 4.39 Å². The van der Waals surface area contributed by atoms with Crippen molar-refractivity contribution in [2.24, 2.45) is 0 Å². The molecular formula is C15H16FN. The first kappa shape index (κ1) is 11.6. The molecule has 17 heavy (non-hydrogen) atoms. The van der Waals surface area contributed by atoms with Gasteiger partial charge < -0.3 is 5.32 Å². The van der Waals surface area contributed by atoms with E-state index in [-0.39, 0.29) is 0 Å². The SMILES string of the molecule is F[C@H](CCNc1ccccc1)c1ccccc1. The lowest BCUT2D eigenvalue weighted by Gasteiger charge is -2.10. The van der Waals surface area contributed by atoms with Crippen molar-refractivity contribution in [3.63, 3.8) is 0 Å². The minimum atomic E-state index is -0.896. The molecular weight excluding hydrogens is 213 g/mol. The van der Waals surface area contributed by atoms with Crippen LogP contribution in [-0.4, -0.2) is 6.54 Å². The monoisotopic (exact) mass is 229 g/mol. The Balaban J connectivity index is 1.79. The fourth-order valence-corrected chi connectivity index (χ4v) is 1.73. The van der Waals surface area contributed by atoms with Crippen LogP contribution in [0.3, 0.4) is 0 Å². The second-order valence-corrected chi connectivity index (χ2v) is 3.96. The number of anilines is 1. The van der Waals surface area contributed by atoms with E-state index in [1.807, 2.05) is 60.7 Å². The summed E-state index contributed by atoms with van der Waals surface area (Å²) in [5.74, 6) is 0. The lowest BCUT2D eigenvalue weighted by Crippen LogP contribution is -2.04. The molecule has 0 saturated heterocycles. The molecule has 2 rings (SSSR count). The zero-order valence-corrected chi connectivity index (χ0v) is 9.64. The smallest absolute Gasteiger partial charge is 0.127 e. The van der Waals surface area contributed by atoms with Gasteiger partial charge in [0.05, 0.1) is 0 Å². The largest absolute Gasteiger partial charge is 0.385 e. The molecule has 0 fully saturated rings. The second kappa shape index (κ2) is 6.04. The molecule has 0 aromatic heterocycles. The van der Waals surface area contributed by atoms with Crippen molar-refractivity contribution in [3.05, 3.63) is 66.2 Å². The summed E-state index contributed by atoms with van der Waals surface area (Å²) < 4.78 is 13.8. The molecule has 1 nitrogen and oxygen atoms in total. The maximum absolute atomic E-state index is 13.8. The number of para-hydroxylation sites is 1. The average molecular weight is 229 g/mol. The van der Waals surface area contributed by atoms with Crippen molar-refractivity contribution in [1.82, 2.24) is 0 Å². The van der Waals surface area contributed by atoms with Gasteiger partial charge in [-0.2, -0.15) is 0 Å². The van der Waals surface area contributed by atoms with Gasteiger partial charge in [0.15, 0.2) is 0 Å². The highest BCUT2D eigenvalue weighted by Crippen LogP contribution is 2.20. The van der Waals surface area contributed by atoms with Gasteiger partial charge >= 0.3 is 0 Å². The standard InChI is InChI=1S/C15H16FN/c16-15(13-7-3-1-4-8-13)11-12-17-14-9-5-2-6-10-14/h1-10,15,17H,11-12H2/t15-/m1/s1. The highest BCUT2D eigenvalue weighted by atomic mass is 19.1. The van der Waals surface area contributed by atoms with Gasteiger partial charge in [0.1, 0.15) is 6.17 Å². The summed E-state index contributed by atoms with van der Waals surface area (Å²) >= 11 is 0.